The Labute approximate surface area is 225 Å². The molecule has 0 unspecified atom stereocenters. The molecule has 0 radical (unpaired) electrons. The summed E-state index contributed by atoms with van der Waals surface area (Å²) in [5, 5.41) is 0. The van der Waals surface area contributed by atoms with Gasteiger partial charge in [0.2, 0.25) is 0 Å². The summed E-state index contributed by atoms with van der Waals surface area (Å²) < 4.78 is 0. The number of aryl methyl sites for hydroxylation is 1. The molecule has 0 fully saturated rings. The van der Waals surface area contributed by atoms with Crippen molar-refractivity contribution in [3.63, 3.8) is 0 Å². The van der Waals surface area contributed by atoms with E-state index in [2.05, 4.69) is 119 Å². The van der Waals surface area contributed by atoms with E-state index < -0.39 is 0 Å². The molecule has 0 aliphatic heterocycles. The standard InChI is InChI=1S/C35H31N3/c1-28-12-18-33(19-13-28)38(34-20-14-31(15-21-34)26-36-24-29-8-4-2-5-9-29)35-22-16-32(17-23-35)27-37-25-30-10-6-3-7-11-30/h2-23,26-27H,24-25H2,1H3. The zero-order valence-electron chi connectivity index (χ0n) is 21.6. The van der Waals surface area contributed by atoms with Gasteiger partial charge in [0.15, 0.2) is 0 Å². The largest absolute Gasteiger partial charge is 0.311 e. The fourth-order valence-corrected chi connectivity index (χ4v) is 4.24. The van der Waals surface area contributed by atoms with E-state index in [-0.39, 0.29) is 0 Å². The van der Waals surface area contributed by atoms with Crippen molar-refractivity contribution in [3.8, 4) is 0 Å². The van der Waals surface area contributed by atoms with Crippen molar-refractivity contribution in [1.29, 1.82) is 0 Å². The average Bonchev–Trinajstić information content (AvgIpc) is 2.97. The zero-order chi connectivity index (χ0) is 26.0. The summed E-state index contributed by atoms with van der Waals surface area (Å²) in [5.41, 5.74) is 9.13. The molecule has 0 spiro atoms. The van der Waals surface area contributed by atoms with Gasteiger partial charge in [-0.05, 0) is 65.6 Å². The first-order chi connectivity index (χ1) is 18.7. The highest BCUT2D eigenvalue weighted by Crippen LogP contribution is 2.34. The van der Waals surface area contributed by atoms with Crippen molar-refractivity contribution in [1.82, 2.24) is 0 Å². The summed E-state index contributed by atoms with van der Waals surface area (Å²) in [5.74, 6) is 0. The van der Waals surface area contributed by atoms with Gasteiger partial charge in [-0.2, -0.15) is 0 Å². The summed E-state index contributed by atoms with van der Waals surface area (Å²) in [4.78, 5) is 11.5. The molecule has 5 rings (SSSR count). The predicted molar refractivity (Wildman–Crippen MR) is 161 cm³/mol. The monoisotopic (exact) mass is 493 g/mol. The molecule has 186 valence electrons. The number of hydrogen-bond donors (Lipinski definition) is 0. The van der Waals surface area contributed by atoms with Crippen LogP contribution < -0.4 is 4.90 Å². The van der Waals surface area contributed by atoms with Gasteiger partial charge in [-0.25, -0.2) is 0 Å². The maximum Gasteiger partial charge on any atom is 0.0639 e. The Morgan fingerprint density at radius 3 is 1.24 bits per heavy atom. The number of aliphatic imine (C=N–C) groups is 2. The van der Waals surface area contributed by atoms with Crippen LogP contribution in [-0.2, 0) is 13.1 Å². The lowest BCUT2D eigenvalue weighted by Gasteiger charge is -2.25. The number of benzene rings is 5. The summed E-state index contributed by atoms with van der Waals surface area (Å²) in [6, 6.07) is 46.3. The van der Waals surface area contributed by atoms with Gasteiger partial charge in [0.1, 0.15) is 0 Å². The molecule has 0 aliphatic rings. The molecular weight excluding hydrogens is 462 g/mol. The van der Waals surface area contributed by atoms with Gasteiger partial charge in [0.05, 0.1) is 13.1 Å². The molecule has 0 bridgehead atoms. The summed E-state index contributed by atoms with van der Waals surface area (Å²) >= 11 is 0. The number of anilines is 3. The second-order valence-electron chi connectivity index (χ2n) is 9.26. The van der Waals surface area contributed by atoms with Crippen molar-refractivity contribution in [2.75, 3.05) is 4.90 Å². The van der Waals surface area contributed by atoms with Crippen molar-refractivity contribution >= 4 is 29.5 Å². The highest BCUT2D eigenvalue weighted by atomic mass is 15.1. The second-order valence-corrected chi connectivity index (χ2v) is 9.26. The Hall–Kier alpha value is -4.76. The number of nitrogens with zero attached hydrogens (tertiary/aromatic N) is 3. The molecule has 3 nitrogen and oxygen atoms in total. The van der Waals surface area contributed by atoms with Crippen LogP contribution >= 0.6 is 0 Å². The third kappa shape index (κ3) is 6.71. The molecule has 0 N–H and O–H groups in total. The van der Waals surface area contributed by atoms with Crippen LogP contribution in [0.5, 0.6) is 0 Å². The molecule has 5 aromatic carbocycles. The highest BCUT2D eigenvalue weighted by molar-refractivity contribution is 5.84. The lowest BCUT2D eigenvalue weighted by Crippen LogP contribution is -2.10. The van der Waals surface area contributed by atoms with Crippen LogP contribution in [0.3, 0.4) is 0 Å². The van der Waals surface area contributed by atoms with E-state index in [1.807, 2.05) is 48.8 Å². The SMILES string of the molecule is Cc1ccc(N(c2ccc(C=NCc3ccccc3)cc2)c2ccc(C=NCc3ccccc3)cc2)cc1. The van der Waals surface area contributed by atoms with Crippen LogP contribution in [0.15, 0.2) is 143 Å². The Morgan fingerprint density at radius 2 is 0.842 bits per heavy atom. The van der Waals surface area contributed by atoms with Crippen molar-refractivity contribution in [2.24, 2.45) is 9.98 Å². The van der Waals surface area contributed by atoms with Gasteiger partial charge >= 0.3 is 0 Å². The van der Waals surface area contributed by atoms with E-state index in [0.29, 0.717) is 13.1 Å². The van der Waals surface area contributed by atoms with Gasteiger partial charge < -0.3 is 4.90 Å². The van der Waals surface area contributed by atoms with Crippen LogP contribution in [0, 0.1) is 6.92 Å². The van der Waals surface area contributed by atoms with Crippen LogP contribution in [0.1, 0.15) is 27.8 Å². The molecule has 0 aliphatic carbocycles. The first-order valence-corrected chi connectivity index (χ1v) is 12.9. The van der Waals surface area contributed by atoms with Gasteiger partial charge in [0, 0.05) is 29.5 Å². The highest BCUT2D eigenvalue weighted by Gasteiger charge is 2.12. The summed E-state index contributed by atoms with van der Waals surface area (Å²) in [6.45, 7) is 3.47. The molecule has 0 saturated carbocycles. The van der Waals surface area contributed by atoms with Gasteiger partial charge in [-0.1, -0.05) is 103 Å². The molecular formula is C35H31N3. The number of rotatable bonds is 9. The lowest BCUT2D eigenvalue weighted by atomic mass is 10.1. The molecule has 0 saturated heterocycles. The lowest BCUT2D eigenvalue weighted by molar-refractivity contribution is 1.08. The van der Waals surface area contributed by atoms with E-state index in [1.165, 1.54) is 16.7 Å². The normalized spacial score (nSPS) is 11.3. The van der Waals surface area contributed by atoms with E-state index in [0.717, 1.165) is 28.2 Å². The molecule has 0 heterocycles. The summed E-state index contributed by atoms with van der Waals surface area (Å²) in [6.07, 6.45) is 3.88. The van der Waals surface area contributed by atoms with Crippen LogP contribution in [0.4, 0.5) is 17.1 Å². The Kier molecular flexibility index (Phi) is 8.17. The van der Waals surface area contributed by atoms with E-state index >= 15 is 0 Å². The molecule has 5 aromatic rings. The Bertz CT molecular complexity index is 1370. The maximum absolute atomic E-state index is 4.61. The first-order valence-electron chi connectivity index (χ1n) is 12.9. The third-order valence-corrected chi connectivity index (χ3v) is 6.31. The average molecular weight is 494 g/mol. The topological polar surface area (TPSA) is 28.0 Å². The molecule has 3 heteroatoms. The quantitative estimate of drug-likeness (QED) is 0.189. The molecule has 38 heavy (non-hydrogen) atoms. The minimum absolute atomic E-state index is 0.680. The maximum atomic E-state index is 4.61. The minimum Gasteiger partial charge on any atom is -0.311 e. The van der Waals surface area contributed by atoms with E-state index in [4.69, 9.17) is 0 Å². The van der Waals surface area contributed by atoms with E-state index in [1.54, 1.807) is 0 Å². The zero-order valence-corrected chi connectivity index (χ0v) is 21.6. The van der Waals surface area contributed by atoms with Crippen molar-refractivity contribution in [2.45, 2.75) is 20.0 Å². The van der Waals surface area contributed by atoms with Gasteiger partial charge in [0.25, 0.3) is 0 Å². The van der Waals surface area contributed by atoms with Crippen molar-refractivity contribution < 1.29 is 0 Å². The van der Waals surface area contributed by atoms with Crippen LogP contribution in [0.2, 0.25) is 0 Å². The smallest absolute Gasteiger partial charge is 0.0639 e. The van der Waals surface area contributed by atoms with Gasteiger partial charge in [-0.15, -0.1) is 0 Å². The van der Waals surface area contributed by atoms with Crippen molar-refractivity contribution in [3.05, 3.63) is 161 Å². The van der Waals surface area contributed by atoms with E-state index in [9.17, 15) is 0 Å². The molecule has 0 amide bonds. The summed E-state index contributed by atoms with van der Waals surface area (Å²) in [7, 11) is 0. The Morgan fingerprint density at radius 1 is 0.474 bits per heavy atom. The fraction of sp³-hybridized carbons (Fsp3) is 0.0857. The minimum atomic E-state index is 0.680. The molecule has 0 atom stereocenters. The van der Waals surface area contributed by atoms with Crippen LogP contribution in [0.25, 0.3) is 0 Å². The van der Waals surface area contributed by atoms with Gasteiger partial charge in [-0.3, -0.25) is 9.98 Å². The predicted octanol–water partition coefficient (Wildman–Crippen LogP) is 8.70. The first kappa shape index (κ1) is 24.9. The second kappa shape index (κ2) is 12.5. The van der Waals surface area contributed by atoms with Crippen LogP contribution in [-0.4, -0.2) is 12.4 Å². The number of hydrogen-bond acceptors (Lipinski definition) is 3. The molecule has 0 aromatic heterocycles. The third-order valence-electron chi connectivity index (χ3n) is 6.31. The Balaban J connectivity index is 1.34. The fourth-order valence-electron chi connectivity index (χ4n) is 4.24.